The molecule has 8 heteroatoms. The fraction of sp³-hybridized carbons (Fsp3) is 0.333. The lowest BCUT2D eigenvalue weighted by Crippen LogP contribution is -2.39. The van der Waals surface area contributed by atoms with Crippen molar-refractivity contribution in [2.24, 2.45) is 4.99 Å². The molecule has 0 saturated carbocycles. The third kappa shape index (κ3) is 8.25. The standard InChI is InChI=1S/C21H25F3N4O/c1-2-25-20(28-15-17-9-6-10-18(13-17)21(22,23)24)26-12-11-19(29)27-14-16-7-4-3-5-8-16/h3-10,13H,2,11-12,14-15H2,1H3,(H,27,29)(H2,25,26,28). The first kappa shape index (κ1) is 22.3. The van der Waals surface area contributed by atoms with Crippen LogP contribution in [0.1, 0.15) is 30.0 Å². The van der Waals surface area contributed by atoms with Crippen LogP contribution in [0.25, 0.3) is 0 Å². The number of carbonyl (C=O) groups is 1. The van der Waals surface area contributed by atoms with Gasteiger partial charge in [0, 0.05) is 26.1 Å². The van der Waals surface area contributed by atoms with E-state index in [1.807, 2.05) is 37.3 Å². The number of alkyl halides is 3. The quantitative estimate of drug-likeness (QED) is 0.465. The van der Waals surface area contributed by atoms with Gasteiger partial charge in [-0.1, -0.05) is 42.5 Å². The summed E-state index contributed by atoms with van der Waals surface area (Å²) < 4.78 is 38.4. The second-order valence-electron chi connectivity index (χ2n) is 6.33. The van der Waals surface area contributed by atoms with E-state index in [2.05, 4.69) is 20.9 Å². The van der Waals surface area contributed by atoms with Gasteiger partial charge in [-0.05, 0) is 30.2 Å². The first-order valence-electron chi connectivity index (χ1n) is 9.37. The van der Waals surface area contributed by atoms with Gasteiger partial charge in [-0.25, -0.2) is 4.99 Å². The van der Waals surface area contributed by atoms with E-state index in [1.165, 1.54) is 6.07 Å². The number of carbonyl (C=O) groups excluding carboxylic acids is 1. The number of rotatable bonds is 8. The third-order valence-electron chi connectivity index (χ3n) is 4.00. The number of nitrogens with zero attached hydrogens (tertiary/aromatic N) is 1. The molecule has 2 aromatic rings. The van der Waals surface area contributed by atoms with Crippen molar-refractivity contribution in [3.05, 3.63) is 71.3 Å². The van der Waals surface area contributed by atoms with Crippen molar-refractivity contribution < 1.29 is 18.0 Å². The Balaban J connectivity index is 1.82. The summed E-state index contributed by atoms with van der Waals surface area (Å²) in [6.45, 7) is 3.39. The van der Waals surface area contributed by atoms with Crippen LogP contribution in [0, 0.1) is 0 Å². The van der Waals surface area contributed by atoms with Crippen molar-refractivity contribution in [1.29, 1.82) is 0 Å². The lowest BCUT2D eigenvalue weighted by Gasteiger charge is -2.12. The summed E-state index contributed by atoms with van der Waals surface area (Å²) >= 11 is 0. The number of guanidine groups is 1. The molecule has 0 aliphatic heterocycles. The van der Waals surface area contributed by atoms with Crippen LogP contribution in [0.2, 0.25) is 0 Å². The molecule has 0 saturated heterocycles. The zero-order valence-corrected chi connectivity index (χ0v) is 16.2. The second-order valence-corrected chi connectivity index (χ2v) is 6.33. The van der Waals surface area contributed by atoms with Crippen LogP contribution >= 0.6 is 0 Å². The zero-order valence-electron chi connectivity index (χ0n) is 16.2. The second kappa shape index (κ2) is 11.1. The van der Waals surface area contributed by atoms with E-state index >= 15 is 0 Å². The number of hydrogen-bond acceptors (Lipinski definition) is 2. The Hall–Kier alpha value is -3.03. The minimum atomic E-state index is -4.38. The van der Waals surface area contributed by atoms with E-state index < -0.39 is 11.7 Å². The molecule has 3 N–H and O–H groups in total. The van der Waals surface area contributed by atoms with Gasteiger partial charge in [0.25, 0.3) is 0 Å². The molecule has 0 aliphatic carbocycles. The molecule has 0 unspecified atom stereocenters. The molecule has 2 aromatic carbocycles. The summed E-state index contributed by atoms with van der Waals surface area (Å²) in [6, 6.07) is 14.7. The van der Waals surface area contributed by atoms with Gasteiger partial charge < -0.3 is 16.0 Å². The molecule has 1 amide bonds. The molecule has 0 aliphatic rings. The van der Waals surface area contributed by atoms with E-state index in [1.54, 1.807) is 6.07 Å². The number of benzene rings is 2. The fourth-order valence-corrected chi connectivity index (χ4v) is 2.54. The first-order valence-corrected chi connectivity index (χ1v) is 9.37. The molecule has 0 spiro atoms. The molecule has 156 valence electrons. The smallest absolute Gasteiger partial charge is 0.357 e. The SMILES string of the molecule is CCNC(=NCc1cccc(C(F)(F)F)c1)NCCC(=O)NCc1ccccc1. The topological polar surface area (TPSA) is 65.5 Å². The highest BCUT2D eigenvalue weighted by Crippen LogP contribution is 2.29. The Morgan fingerprint density at radius 2 is 1.69 bits per heavy atom. The van der Waals surface area contributed by atoms with Crippen LogP contribution in [0.4, 0.5) is 13.2 Å². The Morgan fingerprint density at radius 1 is 0.966 bits per heavy atom. The zero-order chi connectivity index (χ0) is 21.1. The summed E-state index contributed by atoms with van der Waals surface area (Å²) in [5, 5.41) is 8.87. The van der Waals surface area contributed by atoms with Crippen molar-refractivity contribution in [1.82, 2.24) is 16.0 Å². The molecular formula is C21H25F3N4O. The monoisotopic (exact) mass is 406 g/mol. The normalized spacial score (nSPS) is 11.8. The summed E-state index contributed by atoms with van der Waals surface area (Å²) in [7, 11) is 0. The minimum absolute atomic E-state index is 0.0967. The van der Waals surface area contributed by atoms with Gasteiger partial charge in [0.15, 0.2) is 5.96 Å². The largest absolute Gasteiger partial charge is 0.416 e. The maximum Gasteiger partial charge on any atom is 0.416 e. The molecule has 0 fully saturated rings. The van der Waals surface area contributed by atoms with Crippen LogP contribution in [-0.4, -0.2) is 25.0 Å². The highest BCUT2D eigenvalue weighted by atomic mass is 19.4. The van der Waals surface area contributed by atoms with Crippen molar-refractivity contribution in [2.45, 2.75) is 32.6 Å². The summed E-state index contributed by atoms with van der Waals surface area (Å²) in [5.74, 6) is 0.343. The van der Waals surface area contributed by atoms with Gasteiger partial charge in [-0.3, -0.25) is 4.79 Å². The molecule has 2 rings (SSSR count). The van der Waals surface area contributed by atoms with E-state index in [0.717, 1.165) is 17.7 Å². The number of nitrogens with one attached hydrogen (secondary N) is 3. The highest BCUT2D eigenvalue weighted by molar-refractivity contribution is 5.81. The average Bonchev–Trinajstić information content (AvgIpc) is 2.71. The molecule has 0 bridgehead atoms. The lowest BCUT2D eigenvalue weighted by molar-refractivity contribution is -0.137. The fourth-order valence-electron chi connectivity index (χ4n) is 2.54. The first-order chi connectivity index (χ1) is 13.9. The van der Waals surface area contributed by atoms with Gasteiger partial charge in [0.1, 0.15) is 0 Å². The number of aliphatic imine (C=N–C) groups is 1. The molecule has 5 nitrogen and oxygen atoms in total. The minimum Gasteiger partial charge on any atom is -0.357 e. The highest BCUT2D eigenvalue weighted by Gasteiger charge is 2.30. The van der Waals surface area contributed by atoms with Crippen LogP contribution in [0.15, 0.2) is 59.6 Å². The van der Waals surface area contributed by atoms with Crippen molar-refractivity contribution in [3.63, 3.8) is 0 Å². The van der Waals surface area contributed by atoms with Gasteiger partial charge in [-0.15, -0.1) is 0 Å². The molecule has 29 heavy (non-hydrogen) atoms. The predicted molar refractivity (Wildman–Crippen MR) is 107 cm³/mol. The van der Waals surface area contributed by atoms with E-state index in [9.17, 15) is 18.0 Å². The molecular weight excluding hydrogens is 381 g/mol. The summed E-state index contributed by atoms with van der Waals surface area (Å²) in [4.78, 5) is 16.2. The van der Waals surface area contributed by atoms with Crippen molar-refractivity contribution in [3.8, 4) is 0 Å². The van der Waals surface area contributed by atoms with Gasteiger partial charge in [-0.2, -0.15) is 13.2 Å². The van der Waals surface area contributed by atoms with E-state index in [0.29, 0.717) is 31.2 Å². The summed E-state index contributed by atoms with van der Waals surface area (Å²) in [5.41, 5.74) is 0.778. The van der Waals surface area contributed by atoms with E-state index in [-0.39, 0.29) is 18.9 Å². The molecule has 0 atom stereocenters. The van der Waals surface area contributed by atoms with Crippen LogP contribution in [0.3, 0.4) is 0 Å². The van der Waals surface area contributed by atoms with Crippen LogP contribution < -0.4 is 16.0 Å². The molecule has 0 heterocycles. The Morgan fingerprint density at radius 3 is 2.38 bits per heavy atom. The number of amides is 1. The predicted octanol–water partition coefficient (Wildman–Crippen LogP) is 3.47. The molecule has 0 aromatic heterocycles. The maximum atomic E-state index is 12.8. The van der Waals surface area contributed by atoms with Gasteiger partial charge in [0.2, 0.25) is 5.91 Å². The van der Waals surface area contributed by atoms with Crippen molar-refractivity contribution >= 4 is 11.9 Å². The van der Waals surface area contributed by atoms with E-state index in [4.69, 9.17) is 0 Å². The number of halogens is 3. The van der Waals surface area contributed by atoms with Gasteiger partial charge in [0.05, 0.1) is 12.1 Å². The van der Waals surface area contributed by atoms with Gasteiger partial charge >= 0.3 is 6.18 Å². The Kier molecular flexibility index (Phi) is 8.51. The van der Waals surface area contributed by atoms with Crippen molar-refractivity contribution in [2.75, 3.05) is 13.1 Å². The number of hydrogen-bond donors (Lipinski definition) is 3. The lowest BCUT2D eigenvalue weighted by atomic mass is 10.1. The van der Waals surface area contributed by atoms with Crippen LogP contribution in [0.5, 0.6) is 0 Å². The van der Waals surface area contributed by atoms with Crippen LogP contribution in [-0.2, 0) is 24.1 Å². The Bertz CT molecular complexity index is 807. The Labute approximate surface area is 168 Å². The third-order valence-corrected chi connectivity index (χ3v) is 4.00. The average molecular weight is 406 g/mol. The summed E-state index contributed by atoms with van der Waals surface area (Å²) in [6.07, 6.45) is -4.13. The molecule has 0 radical (unpaired) electrons. The maximum absolute atomic E-state index is 12.8.